The molecule has 0 radical (unpaired) electrons. The zero-order valence-corrected chi connectivity index (χ0v) is 16.2. The number of rotatable bonds is 5. The fraction of sp³-hybridized carbons (Fsp3) is 0.0952. The van der Waals surface area contributed by atoms with Crippen LogP contribution in [0.3, 0.4) is 0 Å². The molecule has 28 heavy (non-hydrogen) atoms. The van der Waals surface area contributed by atoms with Crippen molar-refractivity contribution in [3.8, 4) is 0 Å². The molecule has 3 aromatic rings. The van der Waals surface area contributed by atoms with Gasteiger partial charge in [0.1, 0.15) is 5.82 Å². The average molecular weight is 398 g/mol. The zero-order valence-electron chi connectivity index (χ0n) is 15.4. The highest BCUT2D eigenvalue weighted by Crippen LogP contribution is 2.20. The molecule has 0 bridgehead atoms. The van der Waals surface area contributed by atoms with Gasteiger partial charge >= 0.3 is 0 Å². The van der Waals surface area contributed by atoms with Gasteiger partial charge in [0.15, 0.2) is 0 Å². The van der Waals surface area contributed by atoms with E-state index in [9.17, 15) is 17.6 Å². The summed E-state index contributed by atoms with van der Waals surface area (Å²) >= 11 is 0. The molecular weight excluding hydrogens is 379 g/mol. The number of sulfonamides is 1. The van der Waals surface area contributed by atoms with E-state index in [0.29, 0.717) is 16.9 Å². The third-order valence-electron chi connectivity index (χ3n) is 4.25. The Kier molecular flexibility index (Phi) is 5.46. The summed E-state index contributed by atoms with van der Waals surface area (Å²) in [6.45, 7) is 3.43. The van der Waals surface area contributed by atoms with Gasteiger partial charge in [0.25, 0.3) is 15.9 Å². The van der Waals surface area contributed by atoms with Crippen molar-refractivity contribution in [2.75, 3.05) is 10.0 Å². The summed E-state index contributed by atoms with van der Waals surface area (Å²) in [6, 6.07) is 17.0. The van der Waals surface area contributed by atoms with Gasteiger partial charge in [-0.1, -0.05) is 24.3 Å². The van der Waals surface area contributed by atoms with Crippen molar-refractivity contribution in [1.29, 1.82) is 0 Å². The maximum absolute atomic E-state index is 13.6. The normalized spacial score (nSPS) is 11.1. The molecule has 3 rings (SSSR count). The van der Waals surface area contributed by atoms with E-state index in [-0.39, 0.29) is 10.5 Å². The van der Waals surface area contributed by atoms with E-state index in [1.165, 1.54) is 30.3 Å². The summed E-state index contributed by atoms with van der Waals surface area (Å²) in [5, 5.41) is 2.59. The van der Waals surface area contributed by atoms with Crippen LogP contribution in [0.1, 0.15) is 21.5 Å². The summed E-state index contributed by atoms with van der Waals surface area (Å²) in [5.41, 5.74) is 2.36. The van der Waals surface area contributed by atoms with E-state index in [4.69, 9.17) is 0 Å². The lowest BCUT2D eigenvalue weighted by Crippen LogP contribution is -2.15. The largest absolute Gasteiger partial charge is 0.322 e. The Morgan fingerprint density at radius 2 is 1.57 bits per heavy atom. The molecule has 2 N–H and O–H groups in total. The third-order valence-corrected chi connectivity index (χ3v) is 5.63. The minimum atomic E-state index is -3.78. The lowest BCUT2D eigenvalue weighted by molar-refractivity contribution is 0.102. The Bertz CT molecular complexity index is 1130. The first kappa shape index (κ1) is 19.6. The molecule has 3 aromatic carbocycles. The van der Waals surface area contributed by atoms with Crippen LogP contribution >= 0.6 is 0 Å². The van der Waals surface area contributed by atoms with Gasteiger partial charge in [0.05, 0.1) is 10.6 Å². The minimum absolute atomic E-state index is 0.0358. The molecule has 0 aliphatic heterocycles. The fourth-order valence-corrected chi connectivity index (χ4v) is 3.68. The second kappa shape index (κ2) is 7.82. The van der Waals surface area contributed by atoms with Crippen LogP contribution in [0.4, 0.5) is 15.8 Å². The van der Waals surface area contributed by atoms with Gasteiger partial charge in [0.2, 0.25) is 0 Å². The molecule has 7 heteroatoms. The molecule has 0 aliphatic rings. The van der Waals surface area contributed by atoms with E-state index >= 15 is 0 Å². The number of nitrogens with one attached hydrogen (secondary N) is 2. The third kappa shape index (κ3) is 4.37. The zero-order chi connectivity index (χ0) is 20.3. The second-order valence-electron chi connectivity index (χ2n) is 6.36. The Balaban J connectivity index is 1.76. The van der Waals surface area contributed by atoms with Gasteiger partial charge < -0.3 is 5.32 Å². The van der Waals surface area contributed by atoms with Crippen LogP contribution in [-0.2, 0) is 10.0 Å². The Morgan fingerprint density at radius 3 is 2.21 bits per heavy atom. The summed E-state index contributed by atoms with van der Waals surface area (Å²) in [6.07, 6.45) is 0. The van der Waals surface area contributed by atoms with Crippen molar-refractivity contribution in [2.24, 2.45) is 0 Å². The summed E-state index contributed by atoms with van der Waals surface area (Å²) in [7, 11) is -3.78. The standard InChI is InChI=1S/C21H19FN2O3S/c1-14-7-10-17(13-19(14)22)23-21(25)16-8-11-18(12-9-16)28(26,27)24-20-6-4-3-5-15(20)2/h3-13,24H,1-2H3,(H,23,25). The van der Waals surface area contributed by atoms with E-state index in [1.807, 2.05) is 6.07 Å². The average Bonchev–Trinajstić information content (AvgIpc) is 2.66. The number of halogens is 1. The number of para-hydroxylation sites is 1. The molecule has 0 saturated carbocycles. The molecule has 0 aromatic heterocycles. The van der Waals surface area contributed by atoms with Crippen LogP contribution in [0.25, 0.3) is 0 Å². The topological polar surface area (TPSA) is 75.3 Å². The van der Waals surface area contributed by atoms with Crippen molar-refractivity contribution in [3.63, 3.8) is 0 Å². The summed E-state index contributed by atoms with van der Waals surface area (Å²) < 4.78 is 41.2. The molecule has 0 fully saturated rings. The molecule has 0 spiro atoms. The second-order valence-corrected chi connectivity index (χ2v) is 8.05. The lowest BCUT2D eigenvalue weighted by Gasteiger charge is -2.11. The van der Waals surface area contributed by atoms with E-state index in [2.05, 4.69) is 10.0 Å². The molecular formula is C21H19FN2O3S. The monoisotopic (exact) mass is 398 g/mol. The van der Waals surface area contributed by atoms with Gasteiger partial charge in [0, 0.05) is 11.3 Å². The molecule has 0 unspecified atom stereocenters. The van der Waals surface area contributed by atoms with Gasteiger partial charge in [-0.25, -0.2) is 12.8 Å². The predicted octanol–water partition coefficient (Wildman–Crippen LogP) is 4.50. The highest BCUT2D eigenvalue weighted by atomic mass is 32.2. The van der Waals surface area contributed by atoms with Gasteiger partial charge in [-0.05, 0) is 67.4 Å². The first-order chi connectivity index (χ1) is 13.3. The van der Waals surface area contributed by atoms with Crippen LogP contribution < -0.4 is 10.0 Å². The first-order valence-electron chi connectivity index (χ1n) is 8.52. The van der Waals surface area contributed by atoms with Gasteiger partial charge in [-0.2, -0.15) is 0 Å². The van der Waals surface area contributed by atoms with Crippen LogP contribution in [-0.4, -0.2) is 14.3 Å². The van der Waals surface area contributed by atoms with Gasteiger partial charge in [-0.3, -0.25) is 9.52 Å². The molecule has 0 saturated heterocycles. The SMILES string of the molecule is Cc1ccc(NC(=O)c2ccc(S(=O)(=O)Nc3ccccc3C)cc2)cc1F. The lowest BCUT2D eigenvalue weighted by atomic mass is 10.2. The van der Waals surface area contributed by atoms with E-state index in [1.54, 1.807) is 44.2 Å². The van der Waals surface area contributed by atoms with Crippen LogP contribution in [0, 0.1) is 19.7 Å². The fourth-order valence-electron chi connectivity index (χ4n) is 2.55. The van der Waals surface area contributed by atoms with Crippen LogP contribution in [0.2, 0.25) is 0 Å². The number of hydrogen-bond donors (Lipinski definition) is 2. The molecule has 0 atom stereocenters. The van der Waals surface area contributed by atoms with Crippen molar-refractivity contribution >= 4 is 27.3 Å². The van der Waals surface area contributed by atoms with Crippen molar-refractivity contribution < 1.29 is 17.6 Å². The van der Waals surface area contributed by atoms with Crippen LogP contribution in [0.15, 0.2) is 71.6 Å². The number of benzene rings is 3. The number of hydrogen-bond acceptors (Lipinski definition) is 3. The maximum atomic E-state index is 13.6. The first-order valence-corrected chi connectivity index (χ1v) is 10.0. The minimum Gasteiger partial charge on any atom is -0.322 e. The smallest absolute Gasteiger partial charge is 0.261 e. The Morgan fingerprint density at radius 1 is 0.893 bits per heavy atom. The summed E-state index contributed by atoms with van der Waals surface area (Å²) in [5.74, 6) is -0.874. The quantitative estimate of drug-likeness (QED) is 0.665. The van der Waals surface area contributed by atoms with Crippen LogP contribution in [0.5, 0.6) is 0 Å². The van der Waals surface area contributed by atoms with Gasteiger partial charge in [-0.15, -0.1) is 0 Å². The Hall–Kier alpha value is -3.19. The molecule has 1 amide bonds. The molecule has 144 valence electrons. The predicted molar refractivity (Wildman–Crippen MR) is 108 cm³/mol. The highest BCUT2D eigenvalue weighted by Gasteiger charge is 2.16. The number of aryl methyl sites for hydroxylation is 2. The molecule has 5 nitrogen and oxygen atoms in total. The van der Waals surface area contributed by atoms with E-state index in [0.717, 1.165) is 5.56 Å². The Labute approximate surface area is 163 Å². The van der Waals surface area contributed by atoms with Crippen molar-refractivity contribution in [3.05, 3.63) is 89.2 Å². The van der Waals surface area contributed by atoms with Crippen molar-refractivity contribution in [2.45, 2.75) is 18.7 Å². The van der Waals surface area contributed by atoms with E-state index < -0.39 is 21.7 Å². The number of carbonyl (C=O) groups excluding carboxylic acids is 1. The molecule has 0 heterocycles. The maximum Gasteiger partial charge on any atom is 0.261 e. The number of carbonyl (C=O) groups is 1. The summed E-state index contributed by atoms with van der Waals surface area (Å²) in [4.78, 5) is 12.3. The number of amides is 1. The van der Waals surface area contributed by atoms with Crippen molar-refractivity contribution in [1.82, 2.24) is 0 Å². The highest BCUT2D eigenvalue weighted by molar-refractivity contribution is 7.92. The molecule has 0 aliphatic carbocycles. The number of anilines is 2.